The van der Waals surface area contributed by atoms with Gasteiger partial charge in [-0.3, -0.25) is 4.79 Å². The molecule has 4 aromatic rings. The second-order valence-corrected chi connectivity index (χ2v) is 16.8. The summed E-state index contributed by atoms with van der Waals surface area (Å²) in [6, 6.07) is 26.4. The van der Waals surface area contributed by atoms with Crippen molar-refractivity contribution in [1.82, 2.24) is 4.90 Å². The first-order valence-corrected chi connectivity index (χ1v) is 18.7. The van der Waals surface area contributed by atoms with Gasteiger partial charge in [-0.15, -0.1) is 0 Å². The Bertz CT molecular complexity index is 1610. The van der Waals surface area contributed by atoms with E-state index in [1.54, 1.807) is 36.4 Å². The van der Waals surface area contributed by atoms with Crippen LogP contribution >= 0.6 is 0 Å². The summed E-state index contributed by atoms with van der Waals surface area (Å²) in [6.45, 7) is 6.21. The van der Waals surface area contributed by atoms with E-state index in [1.807, 2.05) is 30.3 Å². The third-order valence-corrected chi connectivity index (χ3v) is 8.90. The van der Waals surface area contributed by atoms with Crippen molar-refractivity contribution < 1.29 is 32.6 Å². The number of cyclic esters (lactones) is 1. The van der Waals surface area contributed by atoms with Gasteiger partial charge in [-0.2, -0.15) is 0 Å². The Hall–Kier alpha value is -4.54. The lowest BCUT2D eigenvalue weighted by Crippen LogP contribution is -2.42. The van der Waals surface area contributed by atoms with Crippen molar-refractivity contribution in [2.24, 2.45) is 5.92 Å². The molecule has 46 heavy (non-hydrogen) atoms. The summed E-state index contributed by atoms with van der Waals surface area (Å²) in [7, 11) is -2.11. The largest absolute Gasteiger partial charge is 0.508 e. The van der Waals surface area contributed by atoms with E-state index in [-0.39, 0.29) is 24.6 Å². The summed E-state index contributed by atoms with van der Waals surface area (Å²) in [6.07, 6.45) is -0.533. The first-order valence-electron chi connectivity index (χ1n) is 15.3. The molecule has 1 heterocycles. The SMILES string of the molecule is C[Si](C)(C)O[C@H](CC[C@@H](C(=O)N1C(=O)OC[C@@H]1c1ccccc1)[C@H](Nc1ccc(F)cc1)c1ccc(O)cc1)c1ccc(F)cc1. The van der Waals surface area contributed by atoms with Crippen LogP contribution in [0.4, 0.5) is 19.3 Å². The van der Waals surface area contributed by atoms with E-state index in [1.165, 1.54) is 41.3 Å². The molecular formula is C36H38F2N2O5Si. The van der Waals surface area contributed by atoms with Crippen LogP contribution in [0.3, 0.4) is 0 Å². The number of hydrogen-bond acceptors (Lipinski definition) is 6. The van der Waals surface area contributed by atoms with Gasteiger partial charge in [0.25, 0.3) is 0 Å². The van der Waals surface area contributed by atoms with E-state index in [9.17, 15) is 23.5 Å². The molecule has 1 fully saturated rings. The summed E-state index contributed by atoms with van der Waals surface area (Å²) in [4.78, 5) is 29.1. The van der Waals surface area contributed by atoms with Crippen molar-refractivity contribution >= 4 is 26.0 Å². The number of benzene rings is 4. The molecule has 1 saturated heterocycles. The minimum absolute atomic E-state index is 0.0213. The Balaban J connectivity index is 1.57. The predicted molar refractivity (Wildman–Crippen MR) is 175 cm³/mol. The average Bonchev–Trinajstić information content (AvgIpc) is 3.42. The number of hydrogen-bond donors (Lipinski definition) is 2. The highest BCUT2D eigenvalue weighted by Gasteiger charge is 2.44. The van der Waals surface area contributed by atoms with Crippen LogP contribution < -0.4 is 5.32 Å². The highest BCUT2D eigenvalue weighted by atomic mass is 28.4. The molecule has 4 atom stereocenters. The first-order chi connectivity index (χ1) is 22.0. The highest BCUT2D eigenvalue weighted by Crippen LogP contribution is 2.39. The van der Waals surface area contributed by atoms with Crippen LogP contribution in [0.2, 0.25) is 19.6 Å². The summed E-state index contributed by atoms with van der Waals surface area (Å²) in [5.41, 5.74) is 2.79. The molecule has 0 aliphatic carbocycles. The van der Waals surface area contributed by atoms with Crippen molar-refractivity contribution in [2.45, 2.75) is 50.7 Å². The van der Waals surface area contributed by atoms with E-state index in [0.29, 0.717) is 17.7 Å². The van der Waals surface area contributed by atoms with Gasteiger partial charge in [0, 0.05) is 5.69 Å². The van der Waals surface area contributed by atoms with Crippen LogP contribution in [0.25, 0.3) is 0 Å². The van der Waals surface area contributed by atoms with Crippen molar-refractivity contribution in [3.8, 4) is 5.75 Å². The first kappa shape index (κ1) is 32.8. The molecule has 1 aliphatic heterocycles. The fraction of sp³-hybridized carbons (Fsp3) is 0.278. The number of carbonyl (C=O) groups excluding carboxylic acids is 2. The number of anilines is 1. The minimum Gasteiger partial charge on any atom is -0.508 e. The van der Waals surface area contributed by atoms with E-state index in [4.69, 9.17) is 9.16 Å². The number of rotatable bonds is 12. The van der Waals surface area contributed by atoms with Crippen LogP contribution in [0.5, 0.6) is 5.75 Å². The van der Waals surface area contributed by atoms with E-state index in [0.717, 1.165) is 11.1 Å². The van der Waals surface area contributed by atoms with Gasteiger partial charge < -0.3 is 19.6 Å². The Kier molecular flexibility index (Phi) is 10.2. The number of imide groups is 1. The molecule has 0 spiro atoms. The quantitative estimate of drug-likeness (QED) is 0.150. The number of amides is 2. The Labute approximate surface area is 268 Å². The van der Waals surface area contributed by atoms with E-state index >= 15 is 0 Å². The summed E-state index contributed by atoms with van der Waals surface area (Å²) < 4.78 is 39.7. The average molecular weight is 645 g/mol. The fourth-order valence-electron chi connectivity index (χ4n) is 5.75. The lowest BCUT2D eigenvalue weighted by atomic mass is 9.85. The van der Waals surface area contributed by atoms with Crippen LogP contribution in [0.1, 0.15) is 47.7 Å². The number of ether oxygens (including phenoxy) is 1. The molecule has 0 aromatic heterocycles. The van der Waals surface area contributed by atoms with Gasteiger partial charge in [0.15, 0.2) is 8.32 Å². The number of carbonyl (C=O) groups is 2. The number of nitrogens with one attached hydrogen (secondary N) is 1. The molecule has 0 bridgehead atoms. The third-order valence-electron chi connectivity index (χ3n) is 7.91. The monoisotopic (exact) mass is 644 g/mol. The molecule has 2 amide bonds. The second kappa shape index (κ2) is 14.3. The molecular weight excluding hydrogens is 606 g/mol. The maximum absolute atomic E-state index is 14.7. The Morgan fingerprint density at radius 1 is 0.891 bits per heavy atom. The summed E-state index contributed by atoms with van der Waals surface area (Å²) >= 11 is 0. The molecule has 240 valence electrons. The normalized spacial score (nSPS) is 16.8. The van der Waals surface area contributed by atoms with Crippen molar-refractivity contribution in [3.63, 3.8) is 0 Å². The van der Waals surface area contributed by atoms with Gasteiger partial charge in [-0.05, 0) is 97.7 Å². The Morgan fingerprint density at radius 2 is 1.48 bits per heavy atom. The van der Waals surface area contributed by atoms with Gasteiger partial charge in [0.05, 0.1) is 18.1 Å². The maximum Gasteiger partial charge on any atom is 0.417 e. The van der Waals surface area contributed by atoms with Crippen LogP contribution in [-0.2, 0) is 14.0 Å². The minimum atomic E-state index is -2.11. The summed E-state index contributed by atoms with van der Waals surface area (Å²) in [5.74, 6) is -2.01. The summed E-state index contributed by atoms with van der Waals surface area (Å²) in [5, 5.41) is 13.5. The molecule has 0 radical (unpaired) electrons. The molecule has 7 nitrogen and oxygen atoms in total. The highest BCUT2D eigenvalue weighted by molar-refractivity contribution is 6.69. The number of halogens is 2. The molecule has 5 rings (SSSR count). The van der Waals surface area contributed by atoms with Crippen molar-refractivity contribution in [1.29, 1.82) is 0 Å². The van der Waals surface area contributed by atoms with Gasteiger partial charge in [0.1, 0.15) is 30.0 Å². The van der Waals surface area contributed by atoms with Gasteiger partial charge >= 0.3 is 6.09 Å². The van der Waals surface area contributed by atoms with Crippen LogP contribution in [0.15, 0.2) is 103 Å². The smallest absolute Gasteiger partial charge is 0.417 e. The predicted octanol–water partition coefficient (Wildman–Crippen LogP) is 8.53. The van der Waals surface area contributed by atoms with E-state index < -0.39 is 50.2 Å². The zero-order valence-electron chi connectivity index (χ0n) is 26.0. The number of nitrogens with zero attached hydrogens (tertiary/aromatic N) is 1. The van der Waals surface area contributed by atoms with Gasteiger partial charge in [-0.1, -0.05) is 54.6 Å². The van der Waals surface area contributed by atoms with E-state index in [2.05, 4.69) is 25.0 Å². The topological polar surface area (TPSA) is 88.1 Å². The zero-order chi connectivity index (χ0) is 32.8. The van der Waals surface area contributed by atoms with Gasteiger partial charge in [0.2, 0.25) is 5.91 Å². The zero-order valence-corrected chi connectivity index (χ0v) is 27.0. The maximum atomic E-state index is 14.7. The number of phenols is 1. The Morgan fingerprint density at radius 3 is 2.09 bits per heavy atom. The van der Waals surface area contributed by atoms with Gasteiger partial charge in [-0.25, -0.2) is 18.5 Å². The molecule has 4 aromatic carbocycles. The molecule has 0 saturated carbocycles. The molecule has 1 aliphatic rings. The number of phenolic OH excluding ortho intramolecular Hbond substituents is 1. The van der Waals surface area contributed by atoms with Crippen LogP contribution in [-0.4, -0.2) is 36.9 Å². The third kappa shape index (κ3) is 8.18. The van der Waals surface area contributed by atoms with Crippen LogP contribution in [0, 0.1) is 17.6 Å². The number of aromatic hydroxyl groups is 1. The van der Waals surface area contributed by atoms with Crippen molar-refractivity contribution in [2.75, 3.05) is 11.9 Å². The van der Waals surface area contributed by atoms with Crippen molar-refractivity contribution in [3.05, 3.63) is 131 Å². The lowest BCUT2D eigenvalue weighted by Gasteiger charge is -2.34. The molecule has 2 N–H and O–H groups in total. The molecule has 10 heteroatoms. The fourth-order valence-corrected chi connectivity index (χ4v) is 6.86. The lowest BCUT2D eigenvalue weighted by molar-refractivity contribution is -0.134. The standard InChI is InChI=1S/C36H38F2N2O5Si/c1-46(2,3)45-33(25-9-13-27(37)14-10-25)22-21-31(35(42)40-32(23-44-36(40)43)24-7-5-4-6-8-24)34(26-11-19-30(41)20-12-26)39-29-17-15-28(38)16-18-29/h4-20,31-34,39,41H,21-23H2,1-3H3/t31-,32-,33-,34-/m1/s1. The second-order valence-electron chi connectivity index (χ2n) is 12.4. The molecule has 0 unspecified atom stereocenters.